The van der Waals surface area contributed by atoms with E-state index in [0.717, 1.165) is 37.0 Å². The summed E-state index contributed by atoms with van der Waals surface area (Å²) >= 11 is 0. The van der Waals surface area contributed by atoms with Gasteiger partial charge in [-0.1, -0.05) is 42.5 Å². The molecule has 1 saturated heterocycles. The van der Waals surface area contributed by atoms with Crippen LogP contribution in [-0.2, 0) is 15.9 Å². The molecule has 0 N–H and O–H groups in total. The van der Waals surface area contributed by atoms with Gasteiger partial charge in [-0.15, -0.1) is 0 Å². The first-order valence-corrected chi connectivity index (χ1v) is 6.49. The lowest BCUT2D eigenvalue weighted by atomic mass is 9.83. The Morgan fingerprint density at radius 2 is 2.06 bits per heavy atom. The van der Waals surface area contributed by atoms with Gasteiger partial charge in [0.1, 0.15) is 11.4 Å². The number of ether oxygens (including phenoxy) is 2. The molecule has 1 atom stereocenters. The Kier molecular flexibility index (Phi) is 2.96. The molecule has 94 valence electrons. The van der Waals surface area contributed by atoms with E-state index in [2.05, 4.69) is 36.9 Å². The summed E-state index contributed by atoms with van der Waals surface area (Å²) in [6.07, 6.45) is 6.05. The Bertz CT molecular complexity index is 475. The van der Waals surface area contributed by atoms with E-state index in [-0.39, 0.29) is 5.60 Å². The van der Waals surface area contributed by atoms with Crippen molar-refractivity contribution in [2.24, 2.45) is 0 Å². The molecule has 0 spiro atoms. The van der Waals surface area contributed by atoms with E-state index in [0.29, 0.717) is 6.79 Å². The number of allylic oxidation sites excluding steroid dienone is 2. The molecule has 2 nitrogen and oxygen atoms in total. The van der Waals surface area contributed by atoms with E-state index in [1.165, 1.54) is 5.56 Å². The molecule has 1 aliphatic carbocycles. The first-order chi connectivity index (χ1) is 8.78. The van der Waals surface area contributed by atoms with Crippen LogP contribution >= 0.6 is 0 Å². The van der Waals surface area contributed by atoms with E-state index in [1.54, 1.807) is 0 Å². The van der Waals surface area contributed by atoms with E-state index in [1.807, 2.05) is 6.07 Å². The topological polar surface area (TPSA) is 18.5 Å². The summed E-state index contributed by atoms with van der Waals surface area (Å²) in [5.74, 6) is 0.981. The van der Waals surface area contributed by atoms with Gasteiger partial charge in [-0.3, -0.25) is 0 Å². The molecule has 1 unspecified atom stereocenters. The summed E-state index contributed by atoms with van der Waals surface area (Å²) in [5, 5.41) is 0. The molecule has 3 rings (SSSR count). The van der Waals surface area contributed by atoms with Gasteiger partial charge in [0.25, 0.3) is 0 Å². The maximum atomic E-state index is 5.88. The monoisotopic (exact) mass is 242 g/mol. The summed E-state index contributed by atoms with van der Waals surface area (Å²) in [7, 11) is 0. The second-order valence-corrected chi connectivity index (χ2v) is 5.05. The van der Waals surface area contributed by atoms with Crippen LogP contribution < -0.4 is 0 Å². The average Bonchev–Trinajstić information content (AvgIpc) is 2.81. The third kappa shape index (κ3) is 2.08. The number of fused-ring (bicyclic) bond motifs is 1. The average molecular weight is 242 g/mol. The van der Waals surface area contributed by atoms with Crippen LogP contribution in [0.5, 0.6) is 0 Å². The minimum absolute atomic E-state index is 0.197. The van der Waals surface area contributed by atoms with Gasteiger partial charge < -0.3 is 9.47 Å². The molecule has 1 aromatic carbocycles. The van der Waals surface area contributed by atoms with Crippen LogP contribution in [0.4, 0.5) is 0 Å². The normalized spacial score (nSPS) is 26.4. The molecular weight excluding hydrogens is 224 g/mol. The van der Waals surface area contributed by atoms with Crippen molar-refractivity contribution >= 4 is 0 Å². The zero-order valence-corrected chi connectivity index (χ0v) is 10.5. The SMILES string of the molecule is C=C1C=C2OCOC2(CCc2ccccc2)CC1. The second kappa shape index (κ2) is 4.62. The Balaban J connectivity index is 1.75. The molecular formula is C16H18O2. The molecule has 0 amide bonds. The maximum Gasteiger partial charge on any atom is 0.189 e. The van der Waals surface area contributed by atoms with Gasteiger partial charge in [-0.25, -0.2) is 0 Å². The van der Waals surface area contributed by atoms with Gasteiger partial charge in [-0.05, 0) is 37.3 Å². The van der Waals surface area contributed by atoms with Crippen molar-refractivity contribution in [2.75, 3.05) is 6.79 Å². The van der Waals surface area contributed by atoms with Gasteiger partial charge in [-0.2, -0.15) is 0 Å². The van der Waals surface area contributed by atoms with Crippen LogP contribution in [0.1, 0.15) is 24.8 Å². The largest absolute Gasteiger partial charge is 0.469 e. The molecule has 1 aromatic rings. The van der Waals surface area contributed by atoms with Crippen molar-refractivity contribution in [1.82, 2.24) is 0 Å². The first kappa shape index (κ1) is 11.5. The highest BCUT2D eigenvalue weighted by Crippen LogP contribution is 2.42. The van der Waals surface area contributed by atoms with Crippen molar-refractivity contribution in [3.05, 3.63) is 59.9 Å². The maximum absolute atomic E-state index is 5.88. The molecule has 1 fully saturated rings. The third-order valence-electron chi connectivity index (χ3n) is 3.84. The summed E-state index contributed by atoms with van der Waals surface area (Å²) in [6, 6.07) is 10.5. The molecule has 2 aliphatic rings. The number of benzene rings is 1. The van der Waals surface area contributed by atoms with Crippen LogP contribution in [0.25, 0.3) is 0 Å². The molecule has 0 saturated carbocycles. The van der Waals surface area contributed by atoms with E-state index in [4.69, 9.17) is 9.47 Å². The number of aryl methyl sites for hydroxylation is 1. The molecule has 0 radical (unpaired) electrons. The standard InChI is InChI=1S/C16H18O2/c1-13-7-9-16(15(11-13)17-12-18-16)10-8-14-5-3-2-4-6-14/h2-6,11H,1,7-10,12H2. The van der Waals surface area contributed by atoms with Crippen molar-refractivity contribution in [3.63, 3.8) is 0 Å². The number of rotatable bonds is 3. The zero-order chi connectivity index (χ0) is 12.4. The summed E-state index contributed by atoms with van der Waals surface area (Å²) < 4.78 is 11.5. The predicted molar refractivity (Wildman–Crippen MR) is 71.0 cm³/mol. The van der Waals surface area contributed by atoms with Crippen LogP contribution in [0.15, 0.2) is 54.3 Å². The van der Waals surface area contributed by atoms with Crippen LogP contribution in [0.3, 0.4) is 0 Å². The lowest BCUT2D eigenvalue weighted by Gasteiger charge is -2.30. The predicted octanol–water partition coefficient (Wildman–Crippen LogP) is 3.60. The van der Waals surface area contributed by atoms with E-state index in [9.17, 15) is 0 Å². The molecule has 1 aliphatic heterocycles. The van der Waals surface area contributed by atoms with Crippen LogP contribution in [-0.4, -0.2) is 12.4 Å². The molecule has 2 heteroatoms. The van der Waals surface area contributed by atoms with E-state index >= 15 is 0 Å². The smallest absolute Gasteiger partial charge is 0.189 e. The van der Waals surface area contributed by atoms with Gasteiger partial charge in [0, 0.05) is 0 Å². The molecule has 18 heavy (non-hydrogen) atoms. The third-order valence-corrected chi connectivity index (χ3v) is 3.84. The summed E-state index contributed by atoms with van der Waals surface area (Å²) in [6.45, 7) is 4.39. The highest BCUT2D eigenvalue weighted by atomic mass is 16.7. The van der Waals surface area contributed by atoms with Gasteiger partial charge in [0.15, 0.2) is 6.79 Å². The summed E-state index contributed by atoms with van der Waals surface area (Å²) in [5.41, 5.74) is 2.30. The Morgan fingerprint density at radius 3 is 2.89 bits per heavy atom. The van der Waals surface area contributed by atoms with Crippen molar-refractivity contribution in [3.8, 4) is 0 Å². The zero-order valence-electron chi connectivity index (χ0n) is 10.5. The van der Waals surface area contributed by atoms with Gasteiger partial charge in [0.2, 0.25) is 0 Å². The number of hydrogen-bond acceptors (Lipinski definition) is 2. The Hall–Kier alpha value is -1.54. The summed E-state index contributed by atoms with van der Waals surface area (Å²) in [4.78, 5) is 0. The van der Waals surface area contributed by atoms with Crippen LogP contribution in [0.2, 0.25) is 0 Å². The highest BCUT2D eigenvalue weighted by Gasteiger charge is 2.43. The molecule has 0 bridgehead atoms. The molecule has 0 aromatic heterocycles. The van der Waals surface area contributed by atoms with E-state index < -0.39 is 0 Å². The second-order valence-electron chi connectivity index (χ2n) is 5.05. The fourth-order valence-electron chi connectivity index (χ4n) is 2.71. The Labute approximate surface area is 108 Å². The fraction of sp³-hybridized carbons (Fsp3) is 0.375. The van der Waals surface area contributed by atoms with Gasteiger partial charge in [0.05, 0.1) is 0 Å². The van der Waals surface area contributed by atoms with Crippen LogP contribution in [0, 0.1) is 0 Å². The fourth-order valence-corrected chi connectivity index (χ4v) is 2.71. The minimum Gasteiger partial charge on any atom is -0.469 e. The highest BCUT2D eigenvalue weighted by molar-refractivity contribution is 5.30. The lowest BCUT2D eigenvalue weighted by molar-refractivity contribution is -0.0169. The van der Waals surface area contributed by atoms with Crippen molar-refractivity contribution in [2.45, 2.75) is 31.3 Å². The molecule has 1 heterocycles. The first-order valence-electron chi connectivity index (χ1n) is 6.49. The quantitative estimate of drug-likeness (QED) is 0.806. The van der Waals surface area contributed by atoms with Crippen molar-refractivity contribution in [1.29, 1.82) is 0 Å². The lowest BCUT2D eigenvalue weighted by Crippen LogP contribution is -2.32. The minimum atomic E-state index is -0.197. The Morgan fingerprint density at radius 1 is 1.22 bits per heavy atom. The number of hydrogen-bond donors (Lipinski definition) is 0. The van der Waals surface area contributed by atoms with Gasteiger partial charge >= 0.3 is 0 Å². The van der Waals surface area contributed by atoms with Crippen molar-refractivity contribution < 1.29 is 9.47 Å².